The number of nitrogens with zero attached hydrogens (tertiary/aromatic N) is 3. The van der Waals surface area contributed by atoms with Crippen molar-refractivity contribution in [3.8, 4) is 0 Å². The van der Waals surface area contributed by atoms with Crippen LogP contribution in [-0.4, -0.2) is 46.7 Å². The molecule has 2 aromatic heterocycles. The first-order valence-corrected chi connectivity index (χ1v) is 9.14. The van der Waals surface area contributed by atoms with Crippen LogP contribution in [0.1, 0.15) is 6.42 Å². The number of imidazole rings is 1. The Balaban J connectivity index is 2.13. The summed E-state index contributed by atoms with van der Waals surface area (Å²) in [6, 6.07) is 5.32. The lowest BCUT2D eigenvalue weighted by atomic mass is 10.3. The van der Waals surface area contributed by atoms with Gasteiger partial charge in [0, 0.05) is 25.0 Å². The quantitative estimate of drug-likeness (QED) is 0.636. The van der Waals surface area contributed by atoms with Crippen molar-refractivity contribution in [3.63, 3.8) is 0 Å². The van der Waals surface area contributed by atoms with Gasteiger partial charge >= 0.3 is 0 Å². The molecule has 0 bridgehead atoms. The molecular weight excluding hydrogens is 310 g/mol. The van der Waals surface area contributed by atoms with Crippen LogP contribution < -0.4 is 11.3 Å². The molecule has 0 radical (unpaired) electrons. The lowest BCUT2D eigenvalue weighted by Gasteiger charge is -2.23. The number of hydrogen-bond donors (Lipinski definition) is 2. The largest absolute Gasteiger partial charge is 0.306 e. The Morgan fingerprint density at radius 2 is 2.33 bits per heavy atom. The summed E-state index contributed by atoms with van der Waals surface area (Å²) in [5.74, 6) is 7.42. The minimum absolute atomic E-state index is 0.0138. The predicted molar refractivity (Wildman–Crippen MR) is 83.7 cm³/mol. The number of nitrogens with two attached hydrogens (primary N) is 1. The van der Waals surface area contributed by atoms with Gasteiger partial charge in [0.15, 0.2) is 5.82 Å². The number of hydrazine groups is 1. The molecule has 0 spiro atoms. The topological polar surface area (TPSA) is 92.7 Å². The van der Waals surface area contributed by atoms with Crippen molar-refractivity contribution >= 4 is 33.3 Å². The normalized spacial score (nSPS) is 19.5. The van der Waals surface area contributed by atoms with Crippen molar-refractivity contribution in [1.29, 1.82) is 0 Å². The van der Waals surface area contributed by atoms with E-state index in [1.165, 1.54) is 4.31 Å². The molecule has 0 aromatic carbocycles. The molecule has 1 aliphatic rings. The molecule has 114 valence electrons. The fourth-order valence-corrected chi connectivity index (χ4v) is 5.41. The molecular formula is C12H17N5O2S2. The van der Waals surface area contributed by atoms with Gasteiger partial charge in [-0.3, -0.25) is 4.40 Å². The monoisotopic (exact) mass is 327 g/mol. The zero-order chi connectivity index (χ0) is 15.0. The standard InChI is InChI=1S/C12H17N5O2S2/c1-16(9-5-7-20-8-9)21(18,19)12-11(15-13)14-10-4-2-3-6-17(10)12/h2-4,6,9,15H,5,7-8,13H2,1H3. The van der Waals surface area contributed by atoms with Gasteiger partial charge in [-0.15, -0.1) is 0 Å². The van der Waals surface area contributed by atoms with Gasteiger partial charge in [0.05, 0.1) is 0 Å². The summed E-state index contributed by atoms with van der Waals surface area (Å²) >= 11 is 1.77. The maximum Gasteiger partial charge on any atom is 0.262 e. The van der Waals surface area contributed by atoms with Crippen LogP contribution >= 0.6 is 11.8 Å². The highest BCUT2D eigenvalue weighted by Gasteiger charge is 2.34. The minimum atomic E-state index is -3.67. The third-order valence-corrected chi connectivity index (χ3v) is 6.75. The lowest BCUT2D eigenvalue weighted by molar-refractivity contribution is 0.393. The van der Waals surface area contributed by atoms with Crippen LogP contribution in [0.3, 0.4) is 0 Å². The van der Waals surface area contributed by atoms with Crippen LogP contribution in [0.4, 0.5) is 5.82 Å². The van der Waals surface area contributed by atoms with Crippen LogP contribution in [0.25, 0.3) is 5.65 Å². The molecule has 0 saturated carbocycles. The van der Waals surface area contributed by atoms with Gasteiger partial charge in [0.2, 0.25) is 5.03 Å². The van der Waals surface area contributed by atoms with Gasteiger partial charge < -0.3 is 5.43 Å². The number of thioether (sulfide) groups is 1. The van der Waals surface area contributed by atoms with E-state index >= 15 is 0 Å². The van der Waals surface area contributed by atoms with Crippen LogP contribution in [-0.2, 0) is 10.0 Å². The summed E-state index contributed by atoms with van der Waals surface area (Å²) < 4.78 is 28.8. The number of aromatic nitrogens is 2. The van der Waals surface area contributed by atoms with Crippen LogP contribution in [0.5, 0.6) is 0 Å². The van der Waals surface area contributed by atoms with Crippen LogP contribution in [0.15, 0.2) is 29.4 Å². The molecule has 7 nitrogen and oxygen atoms in total. The number of pyridine rings is 1. The zero-order valence-corrected chi connectivity index (χ0v) is 13.2. The van der Waals surface area contributed by atoms with E-state index < -0.39 is 10.0 Å². The first-order valence-electron chi connectivity index (χ1n) is 6.55. The molecule has 1 saturated heterocycles. The number of anilines is 1. The van der Waals surface area contributed by atoms with Gasteiger partial charge in [0.1, 0.15) is 5.65 Å². The van der Waals surface area contributed by atoms with Gasteiger partial charge in [-0.1, -0.05) is 6.07 Å². The number of fused-ring (bicyclic) bond motifs is 1. The zero-order valence-electron chi connectivity index (χ0n) is 11.6. The van der Waals surface area contributed by atoms with E-state index in [0.717, 1.165) is 17.9 Å². The van der Waals surface area contributed by atoms with E-state index in [0.29, 0.717) is 5.65 Å². The van der Waals surface area contributed by atoms with E-state index in [1.54, 1.807) is 47.6 Å². The summed E-state index contributed by atoms with van der Waals surface area (Å²) in [5.41, 5.74) is 2.93. The van der Waals surface area contributed by atoms with Crippen LogP contribution in [0.2, 0.25) is 0 Å². The molecule has 3 N–H and O–H groups in total. The van der Waals surface area contributed by atoms with Gasteiger partial charge in [0.25, 0.3) is 10.0 Å². The second-order valence-corrected chi connectivity index (χ2v) is 7.94. The Hall–Kier alpha value is -1.29. The highest BCUT2D eigenvalue weighted by molar-refractivity contribution is 7.99. The molecule has 0 amide bonds. The molecule has 1 fully saturated rings. The van der Waals surface area contributed by atoms with E-state index in [1.807, 2.05) is 0 Å². The van der Waals surface area contributed by atoms with E-state index in [9.17, 15) is 8.42 Å². The average Bonchev–Trinajstić information content (AvgIpc) is 3.13. The van der Waals surface area contributed by atoms with Gasteiger partial charge in [-0.05, 0) is 24.3 Å². The molecule has 3 rings (SSSR count). The molecule has 1 atom stereocenters. The van der Waals surface area contributed by atoms with Crippen molar-refractivity contribution < 1.29 is 8.42 Å². The van der Waals surface area contributed by atoms with E-state index in [-0.39, 0.29) is 16.9 Å². The summed E-state index contributed by atoms with van der Waals surface area (Å²) in [7, 11) is -2.05. The summed E-state index contributed by atoms with van der Waals surface area (Å²) in [4.78, 5) is 4.22. The maximum absolute atomic E-state index is 12.9. The summed E-state index contributed by atoms with van der Waals surface area (Å²) in [6.07, 6.45) is 2.54. The average molecular weight is 327 g/mol. The fourth-order valence-electron chi connectivity index (χ4n) is 2.46. The van der Waals surface area contributed by atoms with Crippen molar-refractivity contribution in [2.75, 3.05) is 24.0 Å². The Bertz CT molecular complexity index is 752. The van der Waals surface area contributed by atoms with Gasteiger partial charge in [-0.2, -0.15) is 16.1 Å². The van der Waals surface area contributed by atoms with E-state index in [2.05, 4.69) is 10.4 Å². The SMILES string of the molecule is CN(C1CCSC1)S(=O)(=O)c1c(NN)nc2ccccn12. The third-order valence-electron chi connectivity index (χ3n) is 3.67. The minimum Gasteiger partial charge on any atom is -0.306 e. The van der Waals surface area contributed by atoms with Crippen molar-refractivity contribution in [1.82, 2.24) is 13.7 Å². The predicted octanol–water partition coefficient (Wildman–Crippen LogP) is 0.746. The number of nitrogen functional groups attached to an aromatic ring is 1. The third kappa shape index (κ3) is 2.39. The molecule has 3 heterocycles. The Kier molecular flexibility index (Phi) is 3.82. The Morgan fingerprint density at radius 3 is 3.00 bits per heavy atom. The second-order valence-electron chi connectivity index (χ2n) is 4.88. The fraction of sp³-hybridized carbons (Fsp3) is 0.417. The molecule has 0 aliphatic carbocycles. The lowest BCUT2D eigenvalue weighted by Crippen LogP contribution is -2.38. The highest BCUT2D eigenvalue weighted by Crippen LogP contribution is 2.29. The second kappa shape index (κ2) is 5.48. The first kappa shape index (κ1) is 14.6. The van der Waals surface area contributed by atoms with Crippen molar-refractivity contribution in [2.24, 2.45) is 5.84 Å². The summed E-state index contributed by atoms with van der Waals surface area (Å²) in [5, 5.41) is 0.0833. The number of hydrogen-bond acceptors (Lipinski definition) is 6. The number of rotatable bonds is 4. The summed E-state index contributed by atoms with van der Waals surface area (Å²) in [6.45, 7) is 0. The Labute approximate surface area is 127 Å². The molecule has 1 unspecified atom stereocenters. The van der Waals surface area contributed by atoms with Crippen LogP contribution in [0, 0.1) is 0 Å². The first-order chi connectivity index (χ1) is 10.1. The van der Waals surface area contributed by atoms with E-state index in [4.69, 9.17) is 5.84 Å². The number of sulfonamides is 1. The highest BCUT2D eigenvalue weighted by atomic mass is 32.2. The van der Waals surface area contributed by atoms with Crippen molar-refractivity contribution in [3.05, 3.63) is 24.4 Å². The molecule has 1 aliphatic heterocycles. The Morgan fingerprint density at radius 1 is 1.52 bits per heavy atom. The molecule has 21 heavy (non-hydrogen) atoms. The molecule has 9 heteroatoms. The van der Waals surface area contributed by atoms with Gasteiger partial charge in [-0.25, -0.2) is 19.2 Å². The number of nitrogens with one attached hydrogen (secondary N) is 1. The smallest absolute Gasteiger partial charge is 0.262 e. The maximum atomic E-state index is 12.9. The molecule has 2 aromatic rings. The van der Waals surface area contributed by atoms with Crippen molar-refractivity contribution in [2.45, 2.75) is 17.5 Å².